The molecule has 15 heavy (non-hydrogen) atoms. The van der Waals surface area contributed by atoms with Crippen molar-refractivity contribution in [3.8, 4) is 0 Å². The van der Waals surface area contributed by atoms with E-state index in [1.54, 1.807) is 0 Å². The van der Waals surface area contributed by atoms with E-state index in [1.165, 1.54) is 6.07 Å². The molecule has 1 aromatic rings. The highest BCUT2D eigenvalue weighted by Gasteiger charge is 2.33. The van der Waals surface area contributed by atoms with Gasteiger partial charge >= 0.3 is 6.18 Å². The van der Waals surface area contributed by atoms with Crippen molar-refractivity contribution >= 4 is 15.9 Å². The fourth-order valence-electron chi connectivity index (χ4n) is 0.972. The fraction of sp³-hybridized carbons (Fsp3) is 0.556. The minimum atomic E-state index is -4.42. The minimum absolute atomic E-state index is 0.0276. The molecule has 1 heterocycles. The van der Waals surface area contributed by atoms with Crippen LogP contribution in [0.5, 0.6) is 0 Å². The Morgan fingerprint density at radius 2 is 1.80 bits per heavy atom. The third-order valence-electron chi connectivity index (χ3n) is 2.13. The molecule has 1 rings (SSSR count). The number of alkyl halides is 4. The number of rotatable bonds is 2. The van der Waals surface area contributed by atoms with E-state index in [0.29, 0.717) is 5.69 Å². The smallest absolute Gasteiger partial charge is 0.164 e. The molecule has 0 aliphatic carbocycles. The van der Waals surface area contributed by atoms with Gasteiger partial charge in [0.15, 0.2) is 5.69 Å². The van der Waals surface area contributed by atoms with Crippen LogP contribution in [-0.2, 0) is 6.18 Å². The zero-order valence-electron chi connectivity index (χ0n) is 8.22. The largest absolute Gasteiger partial charge is 0.435 e. The highest BCUT2D eigenvalue weighted by Crippen LogP contribution is 2.28. The molecule has 0 aliphatic rings. The maximum Gasteiger partial charge on any atom is 0.435 e. The van der Waals surface area contributed by atoms with Gasteiger partial charge < -0.3 is 0 Å². The summed E-state index contributed by atoms with van der Waals surface area (Å²) >= 11 is 3.34. The van der Waals surface area contributed by atoms with Gasteiger partial charge in [0, 0.05) is 10.7 Å². The monoisotopic (exact) mass is 282 g/mol. The van der Waals surface area contributed by atoms with Gasteiger partial charge in [-0.05, 0) is 12.1 Å². The van der Waals surface area contributed by atoms with Crippen LogP contribution in [0.1, 0.15) is 31.2 Å². The Kier molecular flexibility index (Phi) is 3.70. The first-order valence-electron chi connectivity index (χ1n) is 4.37. The van der Waals surface area contributed by atoms with E-state index >= 15 is 0 Å². The predicted molar refractivity (Wildman–Crippen MR) is 53.8 cm³/mol. The summed E-state index contributed by atoms with van der Waals surface area (Å²) in [6.45, 7) is 3.78. The average molecular weight is 283 g/mol. The van der Waals surface area contributed by atoms with Crippen LogP contribution in [-0.4, -0.2) is 15.0 Å². The van der Waals surface area contributed by atoms with Gasteiger partial charge in [0.05, 0.1) is 5.69 Å². The van der Waals surface area contributed by atoms with Crippen LogP contribution in [0.25, 0.3) is 0 Å². The molecule has 0 amide bonds. The maximum atomic E-state index is 12.2. The Labute approximate surface area is 94.0 Å². The van der Waals surface area contributed by atoms with Gasteiger partial charge in [-0.25, -0.2) is 0 Å². The second-order valence-electron chi connectivity index (χ2n) is 3.31. The summed E-state index contributed by atoms with van der Waals surface area (Å²) in [4.78, 5) is 0.142. The molecule has 0 radical (unpaired) electrons. The van der Waals surface area contributed by atoms with E-state index in [0.717, 1.165) is 6.07 Å². The van der Waals surface area contributed by atoms with E-state index in [4.69, 9.17) is 0 Å². The van der Waals surface area contributed by atoms with Crippen molar-refractivity contribution in [3.05, 3.63) is 23.5 Å². The van der Waals surface area contributed by atoms with Crippen LogP contribution in [0.4, 0.5) is 13.2 Å². The Balaban J connectivity index is 2.91. The first-order valence-corrected chi connectivity index (χ1v) is 5.29. The summed E-state index contributed by atoms with van der Waals surface area (Å²) in [6, 6.07) is 2.31. The van der Waals surface area contributed by atoms with E-state index in [1.807, 2.05) is 13.8 Å². The van der Waals surface area contributed by atoms with E-state index in [-0.39, 0.29) is 10.7 Å². The Morgan fingerprint density at radius 1 is 1.20 bits per heavy atom. The Hall–Kier alpha value is -0.650. The molecule has 1 aromatic heterocycles. The van der Waals surface area contributed by atoms with Gasteiger partial charge in [-0.1, -0.05) is 29.8 Å². The second kappa shape index (κ2) is 4.47. The van der Waals surface area contributed by atoms with Crippen molar-refractivity contribution in [3.63, 3.8) is 0 Å². The van der Waals surface area contributed by atoms with Crippen LogP contribution in [0.2, 0.25) is 0 Å². The highest BCUT2D eigenvalue weighted by atomic mass is 79.9. The second-order valence-corrected chi connectivity index (χ2v) is 4.75. The highest BCUT2D eigenvalue weighted by molar-refractivity contribution is 9.09. The predicted octanol–water partition coefficient (Wildman–Crippen LogP) is 3.38. The van der Waals surface area contributed by atoms with Crippen molar-refractivity contribution in [1.82, 2.24) is 10.2 Å². The molecule has 0 aliphatic heterocycles. The van der Waals surface area contributed by atoms with Gasteiger partial charge in [0.25, 0.3) is 0 Å². The normalized spacial score (nSPS) is 16.1. The molecule has 2 atom stereocenters. The van der Waals surface area contributed by atoms with Crippen LogP contribution in [0.3, 0.4) is 0 Å². The molecule has 2 nitrogen and oxygen atoms in total. The first-order chi connectivity index (χ1) is 6.82. The lowest BCUT2D eigenvalue weighted by atomic mass is 10.0. The molecule has 0 saturated heterocycles. The topological polar surface area (TPSA) is 25.8 Å². The zero-order chi connectivity index (χ0) is 11.6. The molecule has 0 bridgehead atoms. The number of hydrogen-bond acceptors (Lipinski definition) is 2. The molecule has 0 aromatic carbocycles. The molecule has 6 heteroatoms. The standard InChI is InChI=1S/C9H10BrF3N2/c1-5(6(2)10)7-3-4-8(15-14-7)9(11,12)13/h3-6H,1-2H3. The van der Waals surface area contributed by atoms with Crippen molar-refractivity contribution in [2.24, 2.45) is 0 Å². The lowest BCUT2D eigenvalue weighted by molar-refractivity contribution is -0.141. The van der Waals surface area contributed by atoms with Gasteiger partial charge in [-0.3, -0.25) is 0 Å². The molecular weight excluding hydrogens is 273 g/mol. The summed E-state index contributed by atoms with van der Waals surface area (Å²) in [6.07, 6.45) is -4.42. The van der Waals surface area contributed by atoms with Crippen LogP contribution in [0.15, 0.2) is 12.1 Å². The van der Waals surface area contributed by atoms with Crippen molar-refractivity contribution in [2.75, 3.05) is 0 Å². The fourth-order valence-corrected chi connectivity index (χ4v) is 1.24. The van der Waals surface area contributed by atoms with Crippen LogP contribution in [0, 0.1) is 0 Å². The third kappa shape index (κ3) is 3.15. The summed E-state index contributed by atoms with van der Waals surface area (Å²) in [5, 5.41) is 6.72. The summed E-state index contributed by atoms with van der Waals surface area (Å²) in [7, 11) is 0. The number of aromatic nitrogens is 2. The van der Waals surface area contributed by atoms with E-state index in [9.17, 15) is 13.2 Å². The quantitative estimate of drug-likeness (QED) is 0.777. The number of halogens is 4. The van der Waals surface area contributed by atoms with Gasteiger partial charge in [-0.2, -0.15) is 18.3 Å². The van der Waals surface area contributed by atoms with Crippen molar-refractivity contribution in [1.29, 1.82) is 0 Å². The SMILES string of the molecule is CC(Br)C(C)c1ccc(C(F)(F)F)nn1. The molecule has 84 valence electrons. The van der Waals surface area contributed by atoms with E-state index in [2.05, 4.69) is 26.1 Å². The molecule has 0 saturated carbocycles. The average Bonchev–Trinajstić information content (AvgIpc) is 2.15. The molecular formula is C9H10BrF3N2. The summed E-state index contributed by atoms with van der Waals surface area (Å²) in [5.74, 6) is 0.0276. The molecule has 0 fully saturated rings. The third-order valence-corrected chi connectivity index (χ3v) is 2.92. The first kappa shape index (κ1) is 12.4. The summed E-state index contributed by atoms with van der Waals surface area (Å²) in [5.41, 5.74) is -0.409. The Bertz CT molecular complexity index is 321. The van der Waals surface area contributed by atoms with Crippen LogP contribution >= 0.6 is 15.9 Å². The lowest BCUT2D eigenvalue weighted by Gasteiger charge is -2.13. The van der Waals surface area contributed by atoms with Gasteiger partial charge in [-0.15, -0.1) is 5.10 Å². The van der Waals surface area contributed by atoms with Gasteiger partial charge in [0.1, 0.15) is 0 Å². The van der Waals surface area contributed by atoms with E-state index < -0.39 is 11.9 Å². The van der Waals surface area contributed by atoms with Crippen LogP contribution < -0.4 is 0 Å². The minimum Gasteiger partial charge on any atom is -0.164 e. The maximum absolute atomic E-state index is 12.2. The number of hydrogen-bond donors (Lipinski definition) is 0. The molecule has 2 unspecified atom stereocenters. The Morgan fingerprint density at radius 3 is 2.13 bits per heavy atom. The number of nitrogens with zero attached hydrogens (tertiary/aromatic N) is 2. The summed E-state index contributed by atoms with van der Waals surface area (Å²) < 4.78 is 36.5. The van der Waals surface area contributed by atoms with Crippen molar-refractivity contribution < 1.29 is 13.2 Å². The van der Waals surface area contributed by atoms with Gasteiger partial charge in [0.2, 0.25) is 0 Å². The lowest BCUT2D eigenvalue weighted by Crippen LogP contribution is -2.12. The zero-order valence-corrected chi connectivity index (χ0v) is 9.80. The molecule has 0 N–H and O–H groups in total. The molecule has 0 spiro atoms. The van der Waals surface area contributed by atoms with Crippen molar-refractivity contribution in [2.45, 2.75) is 30.8 Å².